The zero-order chi connectivity index (χ0) is 10.4. The van der Waals surface area contributed by atoms with Gasteiger partial charge in [-0.15, -0.1) is 5.73 Å². The first-order valence-corrected chi connectivity index (χ1v) is 4.31. The first-order valence-electron chi connectivity index (χ1n) is 4.31. The second-order valence-electron chi connectivity index (χ2n) is 2.86. The van der Waals surface area contributed by atoms with Crippen molar-refractivity contribution in [3.8, 4) is 0 Å². The Bertz CT molecular complexity index is 451. The molecule has 0 fully saturated rings. The van der Waals surface area contributed by atoms with Crippen molar-refractivity contribution in [3.05, 3.63) is 61.4 Å². The Kier molecular flexibility index (Phi) is 3.54. The Balaban J connectivity index is 0.000000293. The number of hydrogen-bond donors (Lipinski definition) is 1. The fraction of sp³-hybridized carbons (Fsp3) is 0. The second kappa shape index (κ2) is 4.90. The molecule has 0 amide bonds. The van der Waals surface area contributed by atoms with Crippen LogP contribution in [0.15, 0.2) is 61.4 Å². The molecular formula is C13H13N. The molecule has 14 heavy (non-hydrogen) atoms. The highest BCUT2D eigenvalue weighted by Gasteiger charge is 1.89. The minimum absolute atomic E-state index is 0.823. The van der Waals surface area contributed by atoms with Crippen molar-refractivity contribution < 1.29 is 0 Å². The van der Waals surface area contributed by atoms with Crippen molar-refractivity contribution in [2.75, 3.05) is 5.73 Å². The number of nitrogen functional groups attached to an aromatic ring is 1. The molecule has 0 heterocycles. The van der Waals surface area contributed by atoms with Crippen molar-refractivity contribution in [2.45, 2.75) is 0 Å². The van der Waals surface area contributed by atoms with Gasteiger partial charge in [0.25, 0.3) is 0 Å². The Labute approximate surface area is 84.2 Å². The van der Waals surface area contributed by atoms with Crippen LogP contribution in [0.1, 0.15) is 0 Å². The van der Waals surface area contributed by atoms with Crippen molar-refractivity contribution in [1.29, 1.82) is 0 Å². The molecular weight excluding hydrogens is 170 g/mol. The first-order chi connectivity index (χ1) is 6.77. The van der Waals surface area contributed by atoms with E-state index >= 15 is 0 Å². The second-order valence-corrected chi connectivity index (χ2v) is 2.86. The van der Waals surface area contributed by atoms with Gasteiger partial charge in [-0.2, -0.15) is 0 Å². The van der Waals surface area contributed by atoms with Crippen LogP contribution >= 0.6 is 0 Å². The molecule has 0 bridgehead atoms. The van der Waals surface area contributed by atoms with Gasteiger partial charge in [0, 0.05) is 5.69 Å². The molecule has 2 aromatic rings. The summed E-state index contributed by atoms with van der Waals surface area (Å²) in [4.78, 5) is 0. The smallest absolute Gasteiger partial charge is 0.0320 e. The lowest BCUT2D eigenvalue weighted by molar-refractivity contribution is 1.73. The van der Waals surface area contributed by atoms with Crippen LogP contribution in [0.4, 0.5) is 5.69 Å². The topological polar surface area (TPSA) is 26.0 Å². The highest BCUT2D eigenvalue weighted by atomic mass is 14.5. The average Bonchev–Trinajstić information content (AvgIpc) is 2.19. The SMILES string of the molecule is C=C=C.Nc1ccc2ccccc2c1. The van der Waals surface area contributed by atoms with Gasteiger partial charge < -0.3 is 5.73 Å². The number of benzene rings is 2. The van der Waals surface area contributed by atoms with Gasteiger partial charge in [0.15, 0.2) is 0 Å². The highest BCUT2D eigenvalue weighted by molar-refractivity contribution is 5.85. The van der Waals surface area contributed by atoms with Gasteiger partial charge >= 0.3 is 0 Å². The largest absolute Gasteiger partial charge is 0.399 e. The van der Waals surface area contributed by atoms with Crippen molar-refractivity contribution in [3.63, 3.8) is 0 Å². The van der Waals surface area contributed by atoms with Crippen LogP contribution in [0.3, 0.4) is 0 Å². The summed E-state index contributed by atoms with van der Waals surface area (Å²) in [6.07, 6.45) is 0. The quantitative estimate of drug-likeness (QED) is 0.491. The molecule has 0 aliphatic heterocycles. The van der Waals surface area contributed by atoms with Crippen LogP contribution in [-0.2, 0) is 0 Å². The molecule has 0 unspecified atom stereocenters. The highest BCUT2D eigenvalue weighted by Crippen LogP contribution is 2.15. The zero-order valence-corrected chi connectivity index (χ0v) is 8.03. The number of fused-ring (bicyclic) bond motifs is 1. The van der Waals surface area contributed by atoms with E-state index in [1.807, 2.05) is 30.3 Å². The Morgan fingerprint density at radius 1 is 0.929 bits per heavy atom. The summed E-state index contributed by atoms with van der Waals surface area (Å²) in [5, 5.41) is 2.44. The van der Waals surface area contributed by atoms with E-state index in [0.717, 1.165) is 5.69 Å². The molecule has 1 nitrogen and oxygen atoms in total. The van der Waals surface area contributed by atoms with Crippen LogP contribution in [0, 0.1) is 0 Å². The number of rotatable bonds is 0. The van der Waals surface area contributed by atoms with E-state index in [0.29, 0.717) is 0 Å². The zero-order valence-electron chi connectivity index (χ0n) is 8.03. The maximum Gasteiger partial charge on any atom is 0.0320 e. The fourth-order valence-electron chi connectivity index (χ4n) is 1.21. The first kappa shape index (κ1) is 10.1. The van der Waals surface area contributed by atoms with E-state index in [4.69, 9.17) is 5.73 Å². The van der Waals surface area contributed by atoms with E-state index in [2.05, 4.69) is 31.0 Å². The summed E-state index contributed by atoms with van der Waals surface area (Å²) in [5.74, 6) is 0. The van der Waals surface area contributed by atoms with Gasteiger partial charge in [-0.3, -0.25) is 0 Å². The summed E-state index contributed by atoms with van der Waals surface area (Å²) < 4.78 is 0. The van der Waals surface area contributed by atoms with Gasteiger partial charge in [0.2, 0.25) is 0 Å². The van der Waals surface area contributed by atoms with Crippen molar-refractivity contribution >= 4 is 16.5 Å². The Hall–Kier alpha value is -1.98. The lowest BCUT2D eigenvalue weighted by Crippen LogP contribution is -1.82. The molecule has 0 aliphatic rings. The van der Waals surface area contributed by atoms with E-state index in [-0.39, 0.29) is 0 Å². The molecule has 0 spiro atoms. The van der Waals surface area contributed by atoms with Gasteiger partial charge in [-0.1, -0.05) is 43.5 Å². The van der Waals surface area contributed by atoms with Crippen molar-refractivity contribution in [2.24, 2.45) is 0 Å². The predicted molar refractivity (Wildman–Crippen MR) is 63.1 cm³/mol. The summed E-state index contributed by atoms with van der Waals surface area (Å²) in [7, 11) is 0. The summed E-state index contributed by atoms with van der Waals surface area (Å²) >= 11 is 0. The minimum atomic E-state index is 0.823. The molecule has 1 heteroatoms. The maximum atomic E-state index is 5.62. The molecule has 0 saturated heterocycles. The lowest BCUT2D eigenvalue weighted by Gasteiger charge is -1.96. The van der Waals surface area contributed by atoms with Crippen LogP contribution < -0.4 is 5.73 Å². The molecule has 0 aromatic heterocycles. The monoisotopic (exact) mass is 183 g/mol. The van der Waals surface area contributed by atoms with E-state index in [1.165, 1.54) is 10.8 Å². The van der Waals surface area contributed by atoms with E-state index < -0.39 is 0 Å². The van der Waals surface area contributed by atoms with E-state index in [9.17, 15) is 0 Å². The Morgan fingerprint density at radius 3 is 2.14 bits per heavy atom. The summed E-state index contributed by atoms with van der Waals surface area (Å²) in [6.45, 7) is 6.25. The third-order valence-electron chi connectivity index (χ3n) is 1.77. The molecule has 0 saturated carbocycles. The molecule has 2 aromatic carbocycles. The molecule has 0 radical (unpaired) electrons. The summed E-state index contributed by atoms with van der Waals surface area (Å²) in [6, 6.07) is 14.1. The van der Waals surface area contributed by atoms with Gasteiger partial charge in [0.05, 0.1) is 0 Å². The lowest BCUT2D eigenvalue weighted by atomic mass is 10.1. The molecule has 0 atom stereocenters. The predicted octanol–water partition coefficient (Wildman–Crippen LogP) is 3.38. The molecule has 70 valence electrons. The molecule has 0 aliphatic carbocycles. The maximum absolute atomic E-state index is 5.62. The standard InChI is InChI=1S/C10H9N.C3H4/c11-10-6-5-8-3-1-2-4-9(8)7-10;1-3-2/h1-7H,11H2;1-2H2. The Morgan fingerprint density at radius 2 is 1.50 bits per heavy atom. The van der Waals surface area contributed by atoms with E-state index in [1.54, 1.807) is 0 Å². The normalized spacial score (nSPS) is 8.57. The number of anilines is 1. The third-order valence-corrected chi connectivity index (χ3v) is 1.77. The number of nitrogens with two attached hydrogens (primary N) is 1. The van der Waals surface area contributed by atoms with Gasteiger partial charge in [-0.05, 0) is 22.9 Å². The van der Waals surface area contributed by atoms with Crippen LogP contribution in [0.5, 0.6) is 0 Å². The summed E-state index contributed by atoms with van der Waals surface area (Å²) in [5.41, 5.74) is 8.70. The van der Waals surface area contributed by atoms with Crippen LogP contribution in [0.25, 0.3) is 10.8 Å². The average molecular weight is 183 g/mol. The minimum Gasteiger partial charge on any atom is -0.399 e. The van der Waals surface area contributed by atoms with Crippen LogP contribution in [0.2, 0.25) is 0 Å². The molecule has 2 N–H and O–H groups in total. The van der Waals surface area contributed by atoms with Crippen molar-refractivity contribution in [1.82, 2.24) is 0 Å². The fourth-order valence-corrected chi connectivity index (χ4v) is 1.21. The van der Waals surface area contributed by atoms with Gasteiger partial charge in [-0.25, -0.2) is 0 Å². The molecule has 2 rings (SSSR count). The number of hydrogen-bond acceptors (Lipinski definition) is 1. The van der Waals surface area contributed by atoms with Crippen LogP contribution in [-0.4, -0.2) is 0 Å². The third kappa shape index (κ3) is 2.51. The van der Waals surface area contributed by atoms with Gasteiger partial charge in [0.1, 0.15) is 0 Å².